The van der Waals surface area contributed by atoms with Crippen LogP contribution in [0.15, 0.2) is 24.4 Å². The maximum Gasteiger partial charge on any atom is 0.155 e. The third-order valence-electron chi connectivity index (χ3n) is 6.23. The highest BCUT2D eigenvalue weighted by Crippen LogP contribution is 2.54. The molecule has 3 fully saturated rings. The summed E-state index contributed by atoms with van der Waals surface area (Å²) < 4.78 is 0. The summed E-state index contributed by atoms with van der Waals surface area (Å²) in [5, 5.41) is 5.21. The van der Waals surface area contributed by atoms with Crippen LogP contribution in [0, 0.1) is 5.41 Å². The first kappa shape index (κ1) is 15.2. The minimum atomic E-state index is 0.173. The Bertz CT molecular complexity index is 718. The number of pyridine rings is 2. The Balaban J connectivity index is 1.59. The molecule has 0 aromatic carbocycles. The highest BCUT2D eigenvalue weighted by atomic mass is 35.5. The molecule has 0 spiro atoms. The first-order chi connectivity index (χ1) is 11.0. The Morgan fingerprint density at radius 1 is 1.13 bits per heavy atom. The minimum Gasteiger partial charge on any atom is -0.365 e. The number of aromatic nitrogens is 2. The number of nitrogens with one attached hydrogen (secondary N) is 1. The molecular weight excluding hydrogens is 308 g/mol. The standard InChI is InChI=1S/C18H23ClN4/c1-12(20)17-5-8-18(9-6-17,10-7-17)23-14-3-2-13-4-11-21-16(19)15(13)22-14/h2-4,11-12H,5-10,20H2,1H3,(H,22,23). The van der Waals surface area contributed by atoms with Crippen molar-refractivity contribution >= 4 is 28.3 Å². The summed E-state index contributed by atoms with van der Waals surface area (Å²) in [7, 11) is 0. The van der Waals surface area contributed by atoms with E-state index in [1.54, 1.807) is 6.20 Å². The van der Waals surface area contributed by atoms with Crippen LogP contribution in [0.25, 0.3) is 10.9 Å². The molecule has 0 aliphatic heterocycles. The molecule has 5 rings (SSSR count). The van der Waals surface area contributed by atoms with E-state index in [1.807, 2.05) is 6.07 Å². The molecule has 4 nitrogen and oxygen atoms in total. The molecule has 3 saturated carbocycles. The van der Waals surface area contributed by atoms with Gasteiger partial charge in [0, 0.05) is 23.2 Å². The van der Waals surface area contributed by atoms with Crippen LogP contribution in [0.4, 0.5) is 5.82 Å². The van der Waals surface area contributed by atoms with Crippen molar-refractivity contribution in [2.75, 3.05) is 5.32 Å². The van der Waals surface area contributed by atoms with Gasteiger partial charge in [0.05, 0.1) is 0 Å². The average molecular weight is 331 g/mol. The molecule has 3 N–H and O–H groups in total. The molecular formula is C18H23ClN4. The number of fused-ring (bicyclic) bond motifs is 4. The van der Waals surface area contributed by atoms with Gasteiger partial charge in [-0.3, -0.25) is 0 Å². The van der Waals surface area contributed by atoms with E-state index < -0.39 is 0 Å². The lowest BCUT2D eigenvalue weighted by Gasteiger charge is -2.55. The zero-order chi connectivity index (χ0) is 16.1. The molecule has 2 aromatic rings. The van der Waals surface area contributed by atoms with Crippen LogP contribution in [-0.4, -0.2) is 21.5 Å². The van der Waals surface area contributed by atoms with E-state index in [2.05, 4.69) is 29.4 Å². The van der Waals surface area contributed by atoms with E-state index in [1.165, 1.54) is 38.5 Å². The number of halogens is 1. The van der Waals surface area contributed by atoms with Crippen LogP contribution in [0.3, 0.4) is 0 Å². The van der Waals surface area contributed by atoms with Crippen LogP contribution in [0.2, 0.25) is 5.15 Å². The Kier molecular flexibility index (Phi) is 3.50. The zero-order valence-corrected chi connectivity index (χ0v) is 14.2. The predicted molar refractivity (Wildman–Crippen MR) is 94.7 cm³/mol. The van der Waals surface area contributed by atoms with Crippen LogP contribution < -0.4 is 11.1 Å². The number of nitrogens with two attached hydrogens (primary N) is 1. The van der Waals surface area contributed by atoms with Gasteiger partial charge in [-0.05, 0) is 69.1 Å². The predicted octanol–water partition coefficient (Wildman–Crippen LogP) is 4.14. The smallest absolute Gasteiger partial charge is 0.155 e. The van der Waals surface area contributed by atoms with Gasteiger partial charge in [-0.15, -0.1) is 0 Å². The number of anilines is 1. The Morgan fingerprint density at radius 2 is 1.83 bits per heavy atom. The van der Waals surface area contributed by atoms with Gasteiger partial charge in [0.2, 0.25) is 0 Å². The van der Waals surface area contributed by atoms with Gasteiger partial charge in [-0.1, -0.05) is 11.6 Å². The molecule has 0 radical (unpaired) electrons. The maximum absolute atomic E-state index is 6.26. The second-order valence-electron chi connectivity index (χ2n) is 7.43. The van der Waals surface area contributed by atoms with Crippen LogP contribution in [0.5, 0.6) is 0 Å². The van der Waals surface area contributed by atoms with E-state index in [4.69, 9.17) is 22.3 Å². The van der Waals surface area contributed by atoms with E-state index in [-0.39, 0.29) is 5.54 Å². The fourth-order valence-corrected chi connectivity index (χ4v) is 4.65. The Morgan fingerprint density at radius 3 is 2.48 bits per heavy atom. The molecule has 1 atom stereocenters. The summed E-state index contributed by atoms with van der Waals surface area (Å²) in [6, 6.07) is 6.35. The Hall–Kier alpha value is -1.39. The van der Waals surface area contributed by atoms with Gasteiger partial charge >= 0.3 is 0 Å². The first-order valence-corrected chi connectivity index (χ1v) is 8.85. The molecule has 3 aliphatic rings. The van der Waals surface area contributed by atoms with Crippen molar-refractivity contribution in [3.8, 4) is 0 Å². The molecule has 2 aromatic heterocycles. The fraction of sp³-hybridized carbons (Fsp3) is 0.556. The van der Waals surface area contributed by atoms with Gasteiger partial charge < -0.3 is 11.1 Å². The molecule has 0 amide bonds. The van der Waals surface area contributed by atoms with Crippen molar-refractivity contribution in [3.05, 3.63) is 29.5 Å². The third-order valence-corrected chi connectivity index (χ3v) is 6.50. The topological polar surface area (TPSA) is 63.8 Å². The van der Waals surface area contributed by atoms with Crippen molar-refractivity contribution < 1.29 is 0 Å². The number of hydrogen-bond donors (Lipinski definition) is 2. The summed E-state index contributed by atoms with van der Waals surface area (Å²) in [4.78, 5) is 8.83. The first-order valence-electron chi connectivity index (χ1n) is 8.47. The molecule has 2 bridgehead atoms. The van der Waals surface area contributed by atoms with Crippen molar-refractivity contribution in [1.82, 2.24) is 9.97 Å². The van der Waals surface area contributed by atoms with E-state index in [9.17, 15) is 0 Å². The summed E-state index contributed by atoms with van der Waals surface area (Å²) in [6.07, 6.45) is 8.89. The van der Waals surface area contributed by atoms with Crippen LogP contribution in [0.1, 0.15) is 45.4 Å². The van der Waals surface area contributed by atoms with E-state index in [0.717, 1.165) is 16.7 Å². The average Bonchev–Trinajstić information content (AvgIpc) is 2.57. The highest BCUT2D eigenvalue weighted by Gasteiger charge is 2.50. The number of rotatable bonds is 3. The summed E-state index contributed by atoms with van der Waals surface area (Å²) >= 11 is 6.19. The van der Waals surface area contributed by atoms with Crippen LogP contribution >= 0.6 is 11.6 Å². The molecule has 5 heteroatoms. The number of nitrogens with zero attached hydrogens (tertiary/aromatic N) is 2. The number of hydrogen-bond acceptors (Lipinski definition) is 4. The van der Waals surface area contributed by atoms with Gasteiger partial charge in [-0.25, -0.2) is 9.97 Å². The Labute approximate surface area is 141 Å². The van der Waals surface area contributed by atoms with Crippen molar-refractivity contribution in [1.29, 1.82) is 0 Å². The zero-order valence-electron chi connectivity index (χ0n) is 13.5. The quantitative estimate of drug-likeness (QED) is 0.830. The van der Waals surface area contributed by atoms with Gasteiger partial charge in [0.1, 0.15) is 11.3 Å². The van der Waals surface area contributed by atoms with Gasteiger partial charge in [-0.2, -0.15) is 0 Å². The molecule has 3 aliphatic carbocycles. The van der Waals surface area contributed by atoms with Gasteiger partial charge in [0.25, 0.3) is 0 Å². The lowest BCUT2D eigenvalue weighted by atomic mass is 9.55. The minimum absolute atomic E-state index is 0.173. The van der Waals surface area contributed by atoms with Crippen molar-refractivity contribution in [2.24, 2.45) is 11.1 Å². The van der Waals surface area contributed by atoms with E-state index >= 15 is 0 Å². The lowest BCUT2D eigenvalue weighted by Crippen LogP contribution is -2.55. The SMILES string of the molecule is CC(N)C12CCC(Nc3ccc4ccnc(Cl)c4n3)(CC1)CC2. The normalized spacial score (nSPS) is 31.3. The van der Waals surface area contributed by atoms with Crippen molar-refractivity contribution in [3.63, 3.8) is 0 Å². The second kappa shape index (κ2) is 5.32. The van der Waals surface area contributed by atoms with Gasteiger partial charge in [0.15, 0.2) is 5.15 Å². The van der Waals surface area contributed by atoms with Crippen molar-refractivity contribution in [2.45, 2.75) is 57.0 Å². The summed E-state index contributed by atoms with van der Waals surface area (Å²) in [5.41, 5.74) is 7.57. The third kappa shape index (κ3) is 2.48. The monoisotopic (exact) mass is 330 g/mol. The van der Waals surface area contributed by atoms with Crippen LogP contribution in [-0.2, 0) is 0 Å². The lowest BCUT2D eigenvalue weighted by molar-refractivity contribution is 0.0367. The largest absolute Gasteiger partial charge is 0.365 e. The summed E-state index contributed by atoms with van der Waals surface area (Å²) in [6.45, 7) is 2.17. The molecule has 2 heterocycles. The summed E-state index contributed by atoms with van der Waals surface area (Å²) in [5.74, 6) is 0.905. The molecule has 0 saturated heterocycles. The highest BCUT2D eigenvalue weighted by molar-refractivity contribution is 6.33. The second-order valence-corrected chi connectivity index (χ2v) is 7.78. The van der Waals surface area contributed by atoms with E-state index in [0.29, 0.717) is 16.6 Å². The fourth-order valence-electron chi connectivity index (χ4n) is 4.44. The molecule has 23 heavy (non-hydrogen) atoms. The molecule has 1 unspecified atom stereocenters. The maximum atomic E-state index is 6.26. The molecule has 122 valence electrons.